The predicted octanol–water partition coefficient (Wildman–Crippen LogP) is 3.06. The molecule has 0 aliphatic rings. The summed E-state index contributed by atoms with van der Waals surface area (Å²) in [6.07, 6.45) is 0. The van der Waals surface area contributed by atoms with Crippen molar-refractivity contribution in [2.75, 3.05) is 0 Å². The standard InChI is InChI=1S/C13H11ClN4/c1-8-5-3-4-6-10(8)13-17-16-12-7-11(14)15-9(2)18(12)13/h3-7H,1-2H3. The number of benzene rings is 1. The van der Waals surface area contributed by atoms with Gasteiger partial charge < -0.3 is 0 Å². The highest BCUT2D eigenvalue weighted by atomic mass is 35.5. The van der Waals surface area contributed by atoms with Crippen molar-refractivity contribution in [1.82, 2.24) is 19.6 Å². The lowest BCUT2D eigenvalue weighted by atomic mass is 10.1. The van der Waals surface area contributed by atoms with Gasteiger partial charge in [0.05, 0.1) is 0 Å². The number of fused-ring (bicyclic) bond motifs is 1. The van der Waals surface area contributed by atoms with Crippen LogP contribution in [0.5, 0.6) is 0 Å². The van der Waals surface area contributed by atoms with E-state index in [1.807, 2.05) is 29.5 Å². The number of nitrogens with zero attached hydrogens (tertiary/aromatic N) is 4. The fourth-order valence-corrected chi connectivity index (χ4v) is 2.27. The second-order valence-electron chi connectivity index (χ2n) is 4.16. The lowest BCUT2D eigenvalue weighted by molar-refractivity contribution is 0.987. The van der Waals surface area contributed by atoms with Crippen LogP contribution in [-0.4, -0.2) is 19.6 Å². The molecule has 4 nitrogen and oxygen atoms in total. The molecule has 0 saturated carbocycles. The SMILES string of the molecule is Cc1ccccc1-c1nnc2cc(Cl)nc(C)n12. The van der Waals surface area contributed by atoms with Crippen LogP contribution in [0.4, 0.5) is 0 Å². The predicted molar refractivity (Wildman–Crippen MR) is 70.7 cm³/mol. The average molecular weight is 259 g/mol. The third-order valence-corrected chi connectivity index (χ3v) is 3.11. The van der Waals surface area contributed by atoms with Gasteiger partial charge in [0, 0.05) is 11.6 Å². The number of halogens is 1. The van der Waals surface area contributed by atoms with E-state index in [0.29, 0.717) is 10.8 Å². The molecule has 0 saturated heterocycles. The number of aryl methyl sites for hydroxylation is 2. The number of hydrogen-bond donors (Lipinski definition) is 0. The van der Waals surface area contributed by atoms with Crippen molar-refractivity contribution in [2.45, 2.75) is 13.8 Å². The quantitative estimate of drug-likeness (QED) is 0.630. The van der Waals surface area contributed by atoms with Crippen LogP contribution in [-0.2, 0) is 0 Å². The van der Waals surface area contributed by atoms with E-state index < -0.39 is 0 Å². The van der Waals surface area contributed by atoms with Crippen LogP contribution in [0.15, 0.2) is 30.3 Å². The molecule has 0 radical (unpaired) electrons. The minimum Gasteiger partial charge on any atom is -0.263 e. The fraction of sp³-hybridized carbons (Fsp3) is 0.154. The van der Waals surface area contributed by atoms with Gasteiger partial charge in [0.25, 0.3) is 0 Å². The van der Waals surface area contributed by atoms with Gasteiger partial charge in [-0.2, -0.15) is 0 Å². The Morgan fingerprint density at radius 3 is 2.67 bits per heavy atom. The third kappa shape index (κ3) is 1.66. The van der Waals surface area contributed by atoms with E-state index in [1.54, 1.807) is 6.07 Å². The van der Waals surface area contributed by atoms with Crippen molar-refractivity contribution < 1.29 is 0 Å². The zero-order chi connectivity index (χ0) is 12.7. The van der Waals surface area contributed by atoms with Crippen molar-refractivity contribution in [1.29, 1.82) is 0 Å². The van der Waals surface area contributed by atoms with E-state index >= 15 is 0 Å². The molecule has 3 rings (SSSR count). The maximum atomic E-state index is 5.92. The van der Waals surface area contributed by atoms with Gasteiger partial charge in [0.15, 0.2) is 11.5 Å². The molecule has 1 aromatic carbocycles. The van der Waals surface area contributed by atoms with Gasteiger partial charge in [-0.05, 0) is 19.4 Å². The molecule has 2 heterocycles. The average Bonchev–Trinajstić information content (AvgIpc) is 2.73. The summed E-state index contributed by atoms with van der Waals surface area (Å²) in [4.78, 5) is 4.24. The summed E-state index contributed by atoms with van der Waals surface area (Å²) < 4.78 is 1.91. The largest absolute Gasteiger partial charge is 0.263 e. The zero-order valence-electron chi connectivity index (χ0n) is 10.1. The fourth-order valence-electron chi connectivity index (χ4n) is 2.05. The molecule has 0 spiro atoms. The first kappa shape index (κ1) is 11.2. The van der Waals surface area contributed by atoms with Crippen LogP contribution in [0.25, 0.3) is 17.0 Å². The lowest BCUT2D eigenvalue weighted by Crippen LogP contribution is -1.98. The highest BCUT2D eigenvalue weighted by molar-refractivity contribution is 6.29. The highest BCUT2D eigenvalue weighted by Gasteiger charge is 2.12. The Labute approximate surface area is 109 Å². The summed E-state index contributed by atoms with van der Waals surface area (Å²) in [5.74, 6) is 1.57. The van der Waals surface area contributed by atoms with E-state index in [0.717, 1.165) is 22.8 Å². The normalized spacial score (nSPS) is 11.1. The lowest BCUT2D eigenvalue weighted by Gasteiger charge is -2.05. The third-order valence-electron chi connectivity index (χ3n) is 2.91. The van der Waals surface area contributed by atoms with Crippen molar-refractivity contribution in [3.63, 3.8) is 0 Å². The number of aromatic nitrogens is 4. The molecule has 18 heavy (non-hydrogen) atoms. The van der Waals surface area contributed by atoms with Crippen molar-refractivity contribution in [3.05, 3.63) is 46.9 Å². The molecule has 0 aliphatic heterocycles. The Hall–Kier alpha value is -1.94. The summed E-state index contributed by atoms with van der Waals surface area (Å²) in [5, 5.41) is 8.82. The first-order chi connectivity index (χ1) is 8.66. The van der Waals surface area contributed by atoms with Gasteiger partial charge in [-0.1, -0.05) is 35.9 Å². The van der Waals surface area contributed by atoms with E-state index in [1.165, 1.54) is 0 Å². The smallest absolute Gasteiger partial charge is 0.170 e. The molecule has 0 N–H and O–H groups in total. The van der Waals surface area contributed by atoms with Gasteiger partial charge >= 0.3 is 0 Å². The Kier molecular flexibility index (Phi) is 2.52. The molecule has 90 valence electrons. The first-order valence-corrected chi connectivity index (χ1v) is 5.99. The van der Waals surface area contributed by atoms with Gasteiger partial charge in [-0.3, -0.25) is 4.40 Å². The molecule has 0 atom stereocenters. The van der Waals surface area contributed by atoms with E-state index in [-0.39, 0.29) is 0 Å². The molecule has 0 bridgehead atoms. The number of rotatable bonds is 1. The van der Waals surface area contributed by atoms with Gasteiger partial charge in [0.1, 0.15) is 11.0 Å². The number of hydrogen-bond acceptors (Lipinski definition) is 3. The summed E-state index contributed by atoms with van der Waals surface area (Å²) in [6.45, 7) is 3.94. The minimum absolute atomic E-state index is 0.434. The zero-order valence-corrected chi connectivity index (χ0v) is 10.8. The van der Waals surface area contributed by atoms with Crippen LogP contribution in [0.1, 0.15) is 11.4 Å². The van der Waals surface area contributed by atoms with Crippen LogP contribution in [0.3, 0.4) is 0 Å². The molecular weight excluding hydrogens is 248 g/mol. The molecule has 2 aromatic heterocycles. The summed E-state index contributed by atoms with van der Waals surface area (Å²) in [7, 11) is 0. The van der Waals surface area contributed by atoms with E-state index in [4.69, 9.17) is 11.6 Å². The molecule has 0 aliphatic carbocycles. The molecule has 0 unspecified atom stereocenters. The van der Waals surface area contributed by atoms with Crippen LogP contribution >= 0.6 is 11.6 Å². The molecular formula is C13H11ClN4. The maximum Gasteiger partial charge on any atom is 0.170 e. The topological polar surface area (TPSA) is 43.1 Å². The van der Waals surface area contributed by atoms with Gasteiger partial charge in [0.2, 0.25) is 0 Å². The van der Waals surface area contributed by atoms with Gasteiger partial charge in [-0.25, -0.2) is 4.98 Å². The first-order valence-electron chi connectivity index (χ1n) is 5.61. The second kappa shape index (κ2) is 4.07. The summed E-state index contributed by atoms with van der Waals surface area (Å²) in [6, 6.07) is 9.78. The monoisotopic (exact) mass is 258 g/mol. The van der Waals surface area contributed by atoms with Crippen molar-refractivity contribution in [3.8, 4) is 11.4 Å². The second-order valence-corrected chi connectivity index (χ2v) is 4.55. The minimum atomic E-state index is 0.434. The Morgan fingerprint density at radius 2 is 1.89 bits per heavy atom. The van der Waals surface area contributed by atoms with E-state index in [2.05, 4.69) is 28.2 Å². The van der Waals surface area contributed by atoms with Gasteiger partial charge in [-0.15, -0.1) is 10.2 Å². The van der Waals surface area contributed by atoms with Crippen molar-refractivity contribution >= 4 is 17.2 Å². The summed E-state index contributed by atoms with van der Waals surface area (Å²) >= 11 is 5.92. The molecule has 0 fully saturated rings. The Balaban J connectivity index is 2.35. The van der Waals surface area contributed by atoms with E-state index in [9.17, 15) is 0 Å². The maximum absolute atomic E-state index is 5.92. The van der Waals surface area contributed by atoms with Crippen LogP contribution < -0.4 is 0 Å². The molecule has 5 heteroatoms. The Bertz CT molecular complexity index is 733. The summed E-state index contributed by atoms with van der Waals surface area (Å²) in [5.41, 5.74) is 2.92. The Morgan fingerprint density at radius 1 is 1.11 bits per heavy atom. The molecule has 0 amide bonds. The highest BCUT2D eigenvalue weighted by Crippen LogP contribution is 2.23. The van der Waals surface area contributed by atoms with Crippen molar-refractivity contribution in [2.24, 2.45) is 0 Å². The molecule has 3 aromatic rings. The van der Waals surface area contributed by atoms with Crippen LogP contribution in [0.2, 0.25) is 5.15 Å². The van der Waals surface area contributed by atoms with Crippen LogP contribution in [0, 0.1) is 13.8 Å².